The van der Waals surface area contributed by atoms with Crippen molar-refractivity contribution in [3.05, 3.63) is 76.1 Å². The van der Waals surface area contributed by atoms with Crippen molar-refractivity contribution < 1.29 is 14.3 Å². The van der Waals surface area contributed by atoms with E-state index in [0.29, 0.717) is 22.3 Å². The first-order valence-corrected chi connectivity index (χ1v) is 11.1. The number of aromatic nitrogens is 2. The lowest BCUT2D eigenvalue weighted by atomic mass is 9.92. The first kappa shape index (κ1) is 21.6. The lowest BCUT2D eigenvalue weighted by Crippen LogP contribution is -2.36. The molecule has 2 heterocycles. The maximum Gasteiger partial charge on any atom is 0.257 e. The molecule has 8 nitrogen and oxygen atoms in total. The largest absolute Gasteiger partial charge is 0.497 e. The molecular formula is C23H22N4O4S. The van der Waals surface area contributed by atoms with Gasteiger partial charge in [-0.15, -0.1) is 0 Å². The highest BCUT2D eigenvalue weighted by Gasteiger charge is 2.34. The van der Waals surface area contributed by atoms with Crippen molar-refractivity contribution in [3.63, 3.8) is 0 Å². The van der Waals surface area contributed by atoms with E-state index in [1.165, 1.54) is 17.3 Å². The fourth-order valence-corrected chi connectivity index (χ4v) is 4.31. The Hall–Kier alpha value is -3.59. The number of carbonyl (C=O) groups excluding carboxylic acids is 2. The number of nitrogens with one attached hydrogen (secondary N) is 3. The van der Waals surface area contributed by atoms with Gasteiger partial charge >= 0.3 is 0 Å². The van der Waals surface area contributed by atoms with Crippen molar-refractivity contribution in [3.8, 4) is 5.75 Å². The van der Waals surface area contributed by atoms with E-state index >= 15 is 0 Å². The number of hydrogen-bond acceptors (Lipinski definition) is 6. The Morgan fingerprint density at radius 3 is 2.62 bits per heavy atom. The second-order valence-electron chi connectivity index (χ2n) is 7.24. The predicted octanol–water partition coefficient (Wildman–Crippen LogP) is 3.18. The van der Waals surface area contributed by atoms with E-state index < -0.39 is 17.4 Å². The molecule has 4 rings (SSSR count). The molecule has 32 heavy (non-hydrogen) atoms. The van der Waals surface area contributed by atoms with Gasteiger partial charge in [0.05, 0.1) is 18.6 Å². The Morgan fingerprint density at radius 1 is 1.16 bits per heavy atom. The van der Waals surface area contributed by atoms with Gasteiger partial charge in [-0.2, -0.15) is 0 Å². The molecule has 0 radical (unpaired) electrons. The highest BCUT2D eigenvalue weighted by molar-refractivity contribution is 7.99. The second-order valence-corrected chi connectivity index (χ2v) is 8.32. The van der Waals surface area contributed by atoms with Crippen LogP contribution in [-0.2, 0) is 16.0 Å². The minimum Gasteiger partial charge on any atom is -0.497 e. The summed E-state index contributed by atoms with van der Waals surface area (Å²) in [4.78, 5) is 45.1. The van der Waals surface area contributed by atoms with Gasteiger partial charge in [0.25, 0.3) is 5.56 Å². The topological polar surface area (TPSA) is 113 Å². The molecule has 3 aromatic rings. The van der Waals surface area contributed by atoms with Crippen LogP contribution in [0.3, 0.4) is 0 Å². The molecule has 1 aromatic heterocycles. The molecule has 0 saturated carbocycles. The van der Waals surface area contributed by atoms with Crippen LogP contribution >= 0.6 is 11.8 Å². The van der Waals surface area contributed by atoms with Crippen molar-refractivity contribution in [2.75, 3.05) is 23.5 Å². The molecule has 0 fully saturated rings. The number of aryl methyl sites for hydroxylation is 1. The molecule has 1 atom stereocenters. The molecule has 0 bridgehead atoms. The van der Waals surface area contributed by atoms with E-state index in [2.05, 4.69) is 20.6 Å². The van der Waals surface area contributed by atoms with E-state index in [4.69, 9.17) is 4.74 Å². The SMILES string of the molecule is COc1ccc(NC(=O)[C@H]2CC(=O)Nc3nc(SCCc4ccccc4)[nH]c(=O)c32)cc1. The van der Waals surface area contributed by atoms with Crippen molar-refractivity contribution in [1.82, 2.24) is 9.97 Å². The molecule has 0 saturated heterocycles. The Kier molecular flexibility index (Phi) is 6.55. The zero-order valence-electron chi connectivity index (χ0n) is 17.4. The van der Waals surface area contributed by atoms with Crippen LogP contribution in [0, 0.1) is 0 Å². The summed E-state index contributed by atoms with van der Waals surface area (Å²) in [5, 5.41) is 5.80. The van der Waals surface area contributed by atoms with Gasteiger partial charge in [0.15, 0.2) is 5.16 Å². The highest BCUT2D eigenvalue weighted by atomic mass is 32.2. The number of rotatable bonds is 7. The number of amides is 2. The van der Waals surface area contributed by atoms with Crippen molar-refractivity contribution in [2.45, 2.75) is 23.9 Å². The van der Waals surface area contributed by atoms with Gasteiger partial charge in [-0.1, -0.05) is 42.1 Å². The summed E-state index contributed by atoms with van der Waals surface area (Å²) in [6.07, 6.45) is 0.686. The van der Waals surface area contributed by atoms with E-state index in [9.17, 15) is 14.4 Å². The lowest BCUT2D eigenvalue weighted by molar-refractivity contribution is -0.123. The van der Waals surface area contributed by atoms with Crippen molar-refractivity contribution >= 4 is 35.1 Å². The third-order valence-electron chi connectivity index (χ3n) is 5.08. The quantitative estimate of drug-likeness (QED) is 0.376. The maximum absolute atomic E-state index is 12.9. The van der Waals surface area contributed by atoms with E-state index in [1.54, 1.807) is 31.4 Å². The number of ether oxygens (including phenoxy) is 1. The number of H-pyrrole nitrogens is 1. The van der Waals surface area contributed by atoms with E-state index in [1.807, 2.05) is 30.3 Å². The fraction of sp³-hybridized carbons (Fsp3) is 0.217. The highest BCUT2D eigenvalue weighted by Crippen LogP contribution is 2.30. The van der Waals surface area contributed by atoms with E-state index in [-0.39, 0.29) is 23.7 Å². The maximum atomic E-state index is 12.9. The average Bonchev–Trinajstić information content (AvgIpc) is 2.79. The number of anilines is 2. The van der Waals surface area contributed by atoms with Crippen LogP contribution in [0.1, 0.15) is 23.5 Å². The zero-order valence-corrected chi connectivity index (χ0v) is 18.2. The first-order chi connectivity index (χ1) is 15.5. The number of nitrogens with zero attached hydrogens (tertiary/aromatic N) is 1. The number of benzene rings is 2. The van der Waals surface area contributed by atoms with Crippen molar-refractivity contribution in [1.29, 1.82) is 0 Å². The molecule has 164 valence electrons. The number of aromatic amines is 1. The van der Waals surface area contributed by atoms with Gasteiger partial charge in [0, 0.05) is 17.9 Å². The van der Waals surface area contributed by atoms with Crippen LogP contribution in [-0.4, -0.2) is 34.6 Å². The van der Waals surface area contributed by atoms with Crippen LogP contribution < -0.4 is 20.9 Å². The summed E-state index contributed by atoms with van der Waals surface area (Å²) in [5.41, 5.74) is 1.47. The lowest BCUT2D eigenvalue weighted by Gasteiger charge is -2.23. The molecule has 3 N–H and O–H groups in total. The van der Waals surface area contributed by atoms with Gasteiger partial charge in [-0.3, -0.25) is 14.4 Å². The summed E-state index contributed by atoms with van der Waals surface area (Å²) >= 11 is 1.39. The minimum absolute atomic E-state index is 0.125. The summed E-state index contributed by atoms with van der Waals surface area (Å²) in [7, 11) is 1.55. The Bertz CT molecular complexity index is 1180. The van der Waals surface area contributed by atoms with Crippen LogP contribution in [0.2, 0.25) is 0 Å². The third-order valence-corrected chi connectivity index (χ3v) is 5.95. The molecule has 1 aliphatic heterocycles. The minimum atomic E-state index is -0.930. The van der Waals surface area contributed by atoms with Gasteiger partial charge in [0.2, 0.25) is 11.8 Å². The molecule has 9 heteroatoms. The predicted molar refractivity (Wildman–Crippen MR) is 123 cm³/mol. The average molecular weight is 451 g/mol. The van der Waals surface area contributed by atoms with Crippen molar-refractivity contribution in [2.24, 2.45) is 0 Å². The van der Waals surface area contributed by atoms with Gasteiger partial charge in [-0.05, 0) is 36.2 Å². The monoisotopic (exact) mass is 450 g/mol. The van der Waals surface area contributed by atoms with E-state index in [0.717, 1.165) is 6.42 Å². The first-order valence-electron chi connectivity index (χ1n) is 10.1. The van der Waals surface area contributed by atoms with Crippen LogP contribution in [0.25, 0.3) is 0 Å². The number of carbonyl (C=O) groups is 2. The van der Waals surface area contributed by atoms with Gasteiger partial charge in [-0.25, -0.2) is 4.98 Å². The number of methoxy groups -OCH3 is 1. The van der Waals surface area contributed by atoms with Gasteiger partial charge in [0.1, 0.15) is 11.6 Å². The molecule has 0 unspecified atom stereocenters. The Balaban J connectivity index is 1.50. The third kappa shape index (κ3) is 5.00. The standard InChI is InChI=1S/C23H22N4O4S/c1-31-16-9-7-15(8-10-16)24-21(29)17-13-18(28)25-20-19(17)22(30)27-23(26-20)32-12-11-14-5-3-2-4-6-14/h2-10,17H,11-13H2,1H3,(H,24,29)(H2,25,26,27,28,30)/t17-/m0/s1. The Morgan fingerprint density at radius 2 is 1.91 bits per heavy atom. The van der Waals surface area contributed by atoms with Crippen LogP contribution in [0.4, 0.5) is 11.5 Å². The zero-order chi connectivity index (χ0) is 22.5. The molecule has 2 amide bonds. The smallest absolute Gasteiger partial charge is 0.257 e. The second kappa shape index (κ2) is 9.69. The Labute approximate surface area is 188 Å². The summed E-state index contributed by atoms with van der Waals surface area (Å²) < 4.78 is 5.11. The molecule has 1 aliphatic rings. The van der Waals surface area contributed by atoms with Crippen LogP contribution in [0.5, 0.6) is 5.75 Å². The number of hydrogen-bond donors (Lipinski definition) is 3. The molecule has 2 aromatic carbocycles. The summed E-state index contributed by atoms with van der Waals surface area (Å²) in [5.74, 6) is -0.221. The number of fused-ring (bicyclic) bond motifs is 1. The molecular weight excluding hydrogens is 428 g/mol. The normalized spacial score (nSPS) is 14.9. The molecule has 0 aliphatic carbocycles. The summed E-state index contributed by atoms with van der Waals surface area (Å²) in [6, 6.07) is 16.8. The molecule has 0 spiro atoms. The number of thioether (sulfide) groups is 1. The van der Waals surface area contributed by atoms with Crippen LogP contribution in [0.15, 0.2) is 64.5 Å². The summed E-state index contributed by atoms with van der Waals surface area (Å²) in [6.45, 7) is 0. The van der Waals surface area contributed by atoms with Gasteiger partial charge < -0.3 is 20.4 Å². The fourth-order valence-electron chi connectivity index (χ4n) is 3.46.